The third-order valence-electron chi connectivity index (χ3n) is 2.97. The number of nitrogens with one attached hydrogen (secondary N) is 1. The van der Waals surface area contributed by atoms with Gasteiger partial charge in [-0.05, 0) is 37.0 Å². The van der Waals surface area contributed by atoms with Crippen molar-refractivity contribution in [3.8, 4) is 0 Å². The van der Waals surface area contributed by atoms with E-state index in [4.69, 9.17) is 28.3 Å². The highest BCUT2D eigenvalue weighted by atomic mass is 35.5. The average Bonchev–Trinajstić information content (AvgIpc) is 2.26. The molecule has 1 aromatic carbocycles. The minimum absolute atomic E-state index is 0.0942. The standard InChI is InChI=1S/C11H13Cl2NO3S/c12-10-2-1-9(5-11(10)13)18(16,17)14-6-7-3-8(15)4-7/h1-2,5,7-8,14-15H,3-4,6H2. The van der Waals surface area contributed by atoms with Gasteiger partial charge < -0.3 is 5.11 Å². The predicted octanol–water partition coefficient (Wildman–Crippen LogP) is 2.04. The molecule has 18 heavy (non-hydrogen) atoms. The molecule has 1 aromatic rings. The molecule has 0 amide bonds. The summed E-state index contributed by atoms with van der Waals surface area (Å²) in [6, 6.07) is 4.18. The summed E-state index contributed by atoms with van der Waals surface area (Å²) in [7, 11) is -3.56. The van der Waals surface area contributed by atoms with E-state index in [1.54, 1.807) is 0 Å². The van der Waals surface area contributed by atoms with Crippen molar-refractivity contribution in [3.05, 3.63) is 28.2 Å². The van der Waals surface area contributed by atoms with Gasteiger partial charge in [-0.2, -0.15) is 0 Å². The highest BCUT2D eigenvalue weighted by molar-refractivity contribution is 7.89. The first-order chi connectivity index (χ1) is 8.38. The van der Waals surface area contributed by atoms with Gasteiger partial charge in [0.2, 0.25) is 10.0 Å². The van der Waals surface area contributed by atoms with Crippen LogP contribution in [0.15, 0.2) is 23.1 Å². The molecule has 0 heterocycles. The number of benzene rings is 1. The van der Waals surface area contributed by atoms with Crippen LogP contribution in [0.3, 0.4) is 0 Å². The molecule has 1 fully saturated rings. The monoisotopic (exact) mass is 309 g/mol. The van der Waals surface area contributed by atoms with Gasteiger partial charge in [0.1, 0.15) is 0 Å². The van der Waals surface area contributed by atoms with Crippen LogP contribution in [-0.2, 0) is 10.0 Å². The van der Waals surface area contributed by atoms with E-state index in [2.05, 4.69) is 4.72 Å². The Bertz CT molecular complexity index is 541. The van der Waals surface area contributed by atoms with Crippen molar-refractivity contribution in [2.24, 2.45) is 5.92 Å². The quantitative estimate of drug-likeness (QED) is 0.894. The first-order valence-corrected chi connectivity index (χ1v) is 7.75. The van der Waals surface area contributed by atoms with Gasteiger partial charge in [-0.25, -0.2) is 13.1 Å². The molecule has 2 N–H and O–H groups in total. The Labute approximate surface area is 116 Å². The van der Waals surface area contributed by atoms with Crippen LogP contribution in [0.1, 0.15) is 12.8 Å². The molecule has 0 saturated heterocycles. The Morgan fingerprint density at radius 3 is 2.50 bits per heavy atom. The lowest BCUT2D eigenvalue weighted by Gasteiger charge is -2.31. The van der Waals surface area contributed by atoms with Crippen molar-refractivity contribution < 1.29 is 13.5 Å². The van der Waals surface area contributed by atoms with Gasteiger partial charge in [0.15, 0.2) is 0 Å². The predicted molar refractivity (Wildman–Crippen MR) is 70.4 cm³/mol. The van der Waals surface area contributed by atoms with Gasteiger partial charge in [0.25, 0.3) is 0 Å². The Hall–Kier alpha value is -0.330. The fourth-order valence-corrected chi connectivity index (χ4v) is 3.33. The lowest BCUT2D eigenvalue weighted by molar-refractivity contribution is 0.0453. The summed E-state index contributed by atoms with van der Waals surface area (Å²) in [4.78, 5) is 0.0942. The fourth-order valence-electron chi connectivity index (χ4n) is 1.82. The average molecular weight is 310 g/mol. The van der Waals surface area contributed by atoms with Crippen molar-refractivity contribution in [1.29, 1.82) is 0 Å². The van der Waals surface area contributed by atoms with E-state index in [-0.39, 0.29) is 21.9 Å². The number of sulfonamides is 1. The van der Waals surface area contributed by atoms with Crippen LogP contribution in [0.25, 0.3) is 0 Å². The summed E-state index contributed by atoms with van der Waals surface area (Å²) in [6.45, 7) is 0.333. The number of rotatable bonds is 4. The minimum atomic E-state index is -3.56. The third kappa shape index (κ3) is 3.16. The topological polar surface area (TPSA) is 66.4 Å². The van der Waals surface area contributed by atoms with Crippen molar-refractivity contribution in [2.45, 2.75) is 23.8 Å². The van der Waals surface area contributed by atoms with E-state index < -0.39 is 10.0 Å². The van der Waals surface area contributed by atoms with Crippen LogP contribution in [-0.4, -0.2) is 26.2 Å². The van der Waals surface area contributed by atoms with Crippen LogP contribution >= 0.6 is 23.2 Å². The van der Waals surface area contributed by atoms with Crippen LogP contribution in [0.2, 0.25) is 10.0 Å². The van der Waals surface area contributed by atoms with Crippen molar-refractivity contribution in [1.82, 2.24) is 4.72 Å². The maximum atomic E-state index is 11.9. The number of halogens is 2. The van der Waals surface area contributed by atoms with E-state index in [0.717, 1.165) is 0 Å². The summed E-state index contributed by atoms with van der Waals surface area (Å²) in [5, 5.41) is 9.65. The first kappa shape index (κ1) is 14.1. The number of hydrogen-bond donors (Lipinski definition) is 2. The van der Waals surface area contributed by atoms with Crippen LogP contribution in [0.5, 0.6) is 0 Å². The van der Waals surface area contributed by atoms with Crippen LogP contribution < -0.4 is 4.72 Å². The van der Waals surface area contributed by atoms with Crippen molar-refractivity contribution in [2.75, 3.05) is 6.54 Å². The maximum Gasteiger partial charge on any atom is 0.240 e. The molecule has 1 aliphatic carbocycles. The molecule has 1 aliphatic rings. The minimum Gasteiger partial charge on any atom is -0.393 e. The molecule has 2 rings (SSSR count). The molecular weight excluding hydrogens is 297 g/mol. The molecule has 0 atom stereocenters. The highest BCUT2D eigenvalue weighted by Gasteiger charge is 2.28. The summed E-state index contributed by atoms with van der Waals surface area (Å²) in [5.74, 6) is 0.206. The van der Waals surface area contributed by atoms with Crippen molar-refractivity contribution >= 4 is 33.2 Å². The summed E-state index contributed by atoms with van der Waals surface area (Å²) < 4.78 is 26.4. The van der Waals surface area contributed by atoms with E-state index in [9.17, 15) is 8.42 Å². The van der Waals surface area contributed by atoms with E-state index >= 15 is 0 Å². The van der Waals surface area contributed by atoms with Gasteiger partial charge in [-0.15, -0.1) is 0 Å². The second-order valence-electron chi connectivity index (χ2n) is 4.42. The molecule has 0 aromatic heterocycles. The smallest absolute Gasteiger partial charge is 0.240 e. The Morgan fingerprint density at radius 1 is 1.28 bits per heavy atom. The zero-order chi connectivity index (χ0) is 13.3. The Morgan fingerprint density at radius 2 is 1.94 bits per heavy atom. The second-order valence-corrected chi connectivity index (χ2v) is 7.00. The molecule has 0 spiro atoms. The molecule has 0 radical (unpaired) electrons. The molecule has 100 valence electrons. The van der Waals surface area contributed by atoms with E-state index in [1.807, 2.05) is 0 Å². The molecule has 4 nitrogen and oxygen atoms in total. The van der Waals surface area contributed by atoms with E-state index in [0.29, 0.717) is 24.4 Å². The van der Waals surface area contributed by atoms with Gasteiger partial charge in [0.05, 0.1) is 21.0 Å². The molecule has 1 saturated carbocycles. The molecular formula is C11H13Cl2NO3S. The number of hydrogen-bond acceptors (Lipinski definition) is 3. The van der Waals surface area contributed by atoms with Crippen LogP contribution in [0, 0.1) is 5.92 Å². The lowest BCUT2D eigenvalue weighted by atomic mass is 9.83. The third-order valence-corrected chi connectivity index (χ3v) is 5.13. The maximum absolute atomic E-state index is 11.9. The van der Waals surface area contributed by atoms with E-state index in [1.165, 1.54) is 18.2 Å². The Kier molecular flexibility index (Phi) is 4.18. The molecule has 0 aliphatic heterocycles. The van der Waals surface area contributed by atoms with Gasteiger partial charge >= 0.3 is 0 Å². The summed E-state index contributed by atoms with van der Waals surface area (Å²) in [5.41, 5.74) is 0. The van der Waals surface area contributed by atoms with Crippen LogP contribution in [0.4, 0.5) is 0 Å². The van der Waals surface area contributed by atoms with Gasteiger partial charge in [-0.3, -0.25) is 0 Å². The largest absolute Gasteiger partial charge is 0.393 e. The van der Waals surface area contributed by atoms with Gasteiger partial charge in [-0.1, -0.05) is 23.2 Å². The fraction of sp³-hybridized carbons (Fsp3) is 0.455. The Balaban J connectivity index is 2.03. The molecule has 0 bridgehead atoms. The number of aliphatic hydroxyl groups excluding tert-OH is 1. The molecule has 0 unspecified atom stereocenters. The van der Waals surface area contributed by atoms with Gasteiger partial charge in [0, 0.05) is 6.54 Å². The zero-order valence-electron chi connectivity index (χ0n) is 9.44. The number of aliphatic hydroxyl groups is 1. The summed E-state index contributed by atoms with van der Waals surface area (Å²) in [6.07, 6.45) is 0.998. The second kappa shape index (κ2) is 5.35. The highest BCUT2D eigenvalue weighted by Crippen LogP contribution is 2.27. The zero-order valence-corrected chi connectivity index (χ0v) is 11.8. The normalized spacial score (nSPS) is 23.7. The first-order valence-electron chi connectivity index (χ1n) is 5.51. The summed E-state index contributed by atoms with van der Waals surface area (Å²) >= 11 is 11.5. The lowest BCUT2D eigenvalue weighted by Crippen LogP contribution is -2.38. The van der Waals surface area contributed by atoms with Crippen molar-refractivity contribution in [3.63, 3.8) is 0 Å². The SMILES string of the molecule is O=S(=O)(NCC1CC(O)C1)c1ccc(Cl)c(Cl)c1. The molecule has 7 heteroatoms.